The molecule has 0 amide bonds. The Morgan fingerprint density at radius 3 is 2.21 bits per heavy atom. The van der Waals surface area contributed by atoms with Crippen LogP contribution in [0.5, 0.6) is 17.2 Å². The van der Waals surface area contributed by atoms with Crippen molar-refractivity contribution < 1.29 is 14.2 Å². The average molecular weight is 418 g/mol. The molecule has 0 spiro atoms. The molecule has 0 saturated carbocycles. The van der Waals surface area contributed by atoms with Crippen LogP contribution in [0.1, 0.15) is 0 Å². The molecule has 3 aromatic rings. The van der Waals surface area contributed by atoms with E-state index in [-0.39, 0.29) is 0 Å². The third-order valence-electron chi connectivity index (χ3n) is 3.81. The highest BCUT2D eigenvalue weighted by Gasteiger charge is 2.05. The highest BCUT2D eigenvalue weighted by molar-refractivity contribution is 6.35. The molecule has 0 aliphatic heterocycles. The van der Waals surface area contributed by atoms with Gasteiger partial charge in [0, 0.05) is 11.6 Å². The largest absolute Gasteiger partial charge is 0.490 e. The summed E-state index contributed by atoms with van der Waals surface area (Å²) in [5, 5.41) is 4.39. The summed E-state index contributed by atoms with van der Waals surface area (Å²) in [6.45, 7) is 1.97. The van der Waals surface area contributed by atoms with E-state index in [4.69, 9.17) is 37.4 Å². The van der Waals surface area contributed by atoms with E-state index in [1.807, 2.05) is 54.6 Å². The molecule has 0 aliphatic carbocycles. The van der Waals surface area contributed by atoms with Gasteiger partial charge in [0.2, 0.25) is 0 Å². The van der Waals surface area contributed by atoms with E-state index in [9.17, 15) is 0 Å². The Bertz CT molecular complexity index is 875. The van der Waals surface area contributed by atoms with Crippen molar-refractivity contribution in [2.45, 2.75) is 0 Å². The maximum atomic E-state index is 6.10. The van der Waals surface area contributed by atoms with Gasteiger partial charge in [-0.1, -0.05) is 53.5 Å². The topological polar surface area (TPSA) is 39.7 Å². The van der Waals surface area contributed by atoms with Gasteiger partial charge < -0.3 is 19.5 Å². The van der Waals surface area contributed by atoms with Crippen molar-refractivity contribution in [1.82, 2.24) is 0 Å². The minimum atomic E-state index is 0.449. The Balaban J connectivity index is 1.43. The molecule has 28 heavy (non-hydrogen) atoms. The summed E-state index contributed by atoms with van der Waals surface area (Å²) < 4.78 is 17.2. The lowest BCUT2D eigenvalue weighted by Crippen LogP contribution is -2.14. The maximum absolute atomic E-state index is 6.10. The summed E-state index contributed by atoms with van der Waals surface area (Å²) in [6, 6.07) is 22.6. The SMILES string of the molecule is Clc1ccc(OCCNc2ccccc2OCCOc2ccccc2)c(Cl)c1. The van der Waals surface area contributed by atoms with E-state index in [0.29, 0.717) is 42.2 Å². The van der Waals surface area contributed by atoms with Gasteiger partial charge in [-0.15, -0.1) is 0 Å². The first-order chi connectivity index (χ1) is 13.7. The number of hydrogen-bond donors (Lipinski definition) is 1. The highest BCUT2D eigenvalue weighted by Crippen LogP contribution is 2.27. The molecule has 0 radical (unpaired) electrons. The first kappa shape index (κ1) is 20.2. The monoisotopic (exact) mass is 417 g/mol. The van der Waals surface area contributed by atoms with Gasteiger partial charge in [-0.2, -0.15) is 0 Å². The molecule has 1 N–H and O–H groups in total. The zero-order valence-corrected chi connectivity index (χ0v) is 16.7. The van der Waals surface area contributed by atoms with E-state index in [1.165, 1.54) is 0 Å². The van der Waals surface area contributed by atoms with Crippen LogP contribution in [0.4, 0.5) is 5.69 Å². The van der Waals surface area contributed by atoms with E-state index in [1.54, 1.807) is 18.2 Å². The smallest absolute Gasteiger partial charge is 0.142 e. The van der Waals surface area contributed by atoms with Crippen LogP contribution in [-0.4, -0.2) is 26.4 Å². The molecule has 0 aromatic heterocycles. The first-order valence-corrected chi connectivity index (χ1v) is 9.69. The zero-order chi connectivity index (χ0) is 19.6. The van der Waals surface area contributed by atoms with Gasteiger partial charge >= 0.3 is 0 Å². The van der Waals surface area contributed by atoms with Gasteiger partial charge in [0.25, 0.3) is 0 Å². The second-order valence-corrected chi connectivity index (χ2v) is 6.70. The lowest BCUT2D eigenvalue weighted by molar-refractivity contribution is 0.217. The number of rotatable bonds is 10. The van der Waals surface area contributed by atoms with Crippen LogP contribution >= 0.6 is 23.2 Å². The molecule has 0 aliphatic rings. The molecule has 0 fully saturated rings. The predicted octanol–water partition coefficient (Wildman–Crippen LogP) is 5.94. The molecular formula is C22H21Cl2NO3. The van der Waals surface area contributed by atoms with Crippen molar-refractivity contribution in [3.8, 4) is 17.2 Å². The van der Waals surface area contributed by atoms with E-state index < -0.39 is 0 Å². The predicted molar refractivity (Wildman–Crippen MR) is 114 cm³/mol. The Kier molecular flexibility index (Phi) is 7.71. The molecule has 4 nitrogen and oxygen atoms in total. The molecule has 3 rings (SSSR count). The maximum Gasteiger partial charge on any atom is 0.142 e. The van der Waals surface area contributed by atoms with Gasteiger partial charge in [0.05, 0.1) is 10.7 Å². The molecule has 0 heterocycles. The Morgan fingerprint density at radius 1 is 0.679 bits per heavy atom. The van der Waals surface area contributed by atoms with Gasteiger partial charge in [-0.25, -0.2) is 0 Å². The summed E-state index contributed by atoms with van der Waals surface area (Å²) in [5.74, 6) is 2.20. The van der Waals surface area contributed by atoms with Crippen molar-refractivity contribution in [3.05, 3.63) is 82.8 Å². The molecule has 146 valence electrons. The van der Waals surface area contributed by atoms with Crippen LogP contribution in [0.15, 0.2) is 72.8 Å². The van der Waals surface area contributed by atoms with E-state index in [2.05, 4.69) is 5.32 Å². The lowest BCUT2D eigenvalue weighted by atomic mass is 10.3. The van der Waals surface area contributed by atoms with Gasteiger partial charge in [-0.05, 0) is 42.5 Å². The molecule has 0 atom stereocenters. The number of para-hydroxylation sites is 3. The Morgan fingerprint density at radius 2 is 1.39 bits per heavy atom. The number of nitrogens with one attached hydrogen (secondary N) is 1. The minimum Gasteiger partial charge on any atom is -0.490 e. The van der Waals surface area contributed by atoms with Crippen LogP contribution in [0.3, 0.4) is 0 Å². The van der Waals surface area contributed by atoms with Crippen molar-refractivity contribution in [2.24, 2.45) is 0 Å². The van der Waals surface area contributed by atoms with Crippen molar-refractivity contribution in [2.75, 3.05) is 31.7 Å². The van der Waals surface area contributed by atoms with Gasteiger partial charge in [-0.3, -0.25) is 0 Å². The highest BCUT2D eigenvalue weighted by atomic mass is 35.5. The number of ether oxygens (including phenoxy) is 3. The Labute approximate surface area is 175 Å². The van der Waals surface area contributed by atoms with Gasteiger partial charge in [0.1, 0.15) is 37.1 Å². The molecule has 0 unspecified atom stereocenters. The van der Waals surface area contributed by atoms with E-state index in [0.717, 1.165) is 17.2 Å². The number of halogens is 2. The third kappa shape index (κ3) is 6.25. The molecule has 0 saturated heterocycles. The van der Waals surface area contributed by atoms with Crippen LogP contribution in [0.2, 0.25) is 10.0 Å². The second kappa shape index (κ2) is 10.7. The standard InChI is InChI=1S/C22H21Cl2NO3/c23-17-10-11-21(19(24)16-17)27-13-12-25-20-8-4-5-9-22(20)28-15-14-26-18-6-2-1-3-7-18/h1-11,16,25H,12-15H2. The fraction of sp³-hybridized carbons (Fsp3) is 0.182. The molecule has 3 aromatic carbocycles. The summed E-state index contributed by atoms with van der Waals surface area (Å²) >= 11 is 12.0. The molecule has 6 heteroatoms. The number of anilines is 1. The zero-order valence-electron chi connectivity index (χ0n) is 15.2. The number of benzene rings is 3. The fourth-order valence-electron chi connectivity index (χ4n) is 2.51. The summed E-state index contributed by atoms with van der Waals surface area (Å²) in [4.78, 5) is 0. The Hall–Kier alpha value is -2.56. The summed E-state index contributed by atoms with van der Waals surface area (Å²) in [7, 11) is 0. The first-order valence-electron chi connectivity index (χ1n) is 8.94. The normalized spacial score (nSPS) is 10.4. The van der Waals surface area contributed by atoms with Crippen molar-refractivity contribution in [1.29, 1.82) is 0 Å². The average Bonchev–Trinajstić information content (AvgIpc) is 2.71. The second-order valence-electron chi connectivity index (χ2n) is 5.86. The molecular weight excluding hydrogens is 397 g/mol. The number of hydrogen-bond acceptors (Lipinski definition) is 4. The van der Waals surface area contributed by atoms with Crippen LogP contribution in [0, 0.1) is 0 Å². The third-order valence-corrected chi connectivity index (χ3v) is 4.34. The quantitative estimate of drug-likeness (QED) is 0.414. The van der Waals surface area contributed by atoms with E-state index >= 15 is 0 Å². The lowest BCUT2D eigenvalue weighted by Gasteiger charge is -2.14. The van der Waals surface area contributed by atoms with Crippen molar-refractivity contribution >= 4 is 28.9 Å². The van der Waals surface area contributed by atoms with Crippen LogP contribution < -0.4 is 19.5 Å². The van der Waals surface area contributed by atoms with Crippen molar-refractivity contribution in [3.63, 3.8) is 0 Å². The summed E-state index contributed by atoms with van der Waals surface area (Å²) in [6.07, 6.45) is 0. The minimum absolute atomic E-state index is 0.449. The fourth-order valence-corrected chi connectivity index (χ4v) is 2.97. The molecule has 0 bridgehead atoms. The van der Waals surface area contributed by atoms with Gasteiger partial charge in [0.15, 0.2) is 0 Å². The summed E-state index contributed by atoms with van der Waals surface area (Å²) in [5.41, 5.74) is 0.896. The van der Waals surface area contributed by atoms with Crippen LogP contribution in [0.25, 0.3) is 0 Å². The van der Waals surface area contributed by atoms with Crippen LogP contribution in [-0.2, 0) is 0 Å².